The smallest absolute Gasteiger partial charge is 0.352 e. The van der Waals surface area contributed by atoms with Crippen LogP contribution in [0.1, 0.15) is 56.3 Å². The van der Waals surface area contributed by atoms with Crippen molar-refractivity contribution < 1.29 is 9.59 Å². The molecular formula is C22H28N6O4. The number of aryl methyl sites for hydroxylation is 1. The maximum Gasteiger partial charge on any atom is 0.352 e. The normalized spacial score (nSPS) is 14.9. The van der Waals surface area contributed by atoms with Gasteiger partial charge in [-0.3, -0.25) is 19.0 Å². The van der Waals surface area contributed by atoms with Crippen LogP contribution in [0.5, 0.6) is 0 Å². The second kappa shape index (κ2) is 8.60. The molecule has 1 aromatic carbocycles. The van der Waals surface area contributed by atoms with Gasteiger partial charge in [-0.15, -0.1) is 5.10 Å². The van der Waals surface area contributed by atoms with Crippen LogP contribution in [0, 0.1) is 0 Å². The Bertz CT molecular complexity index is 1310. The number of carbonyl (C=O) groups is 2. The molecule has 170 valence electrons. The Kier molecular flexibility index (Phi) is 5.86. The standard InChI is InChI=1S/C22H28N6O4/c1-13(2)23-18(29)12-27-22(32)28-17-11-14(19(30)24-15-7-5-4-6-8-15)9-10-16(17)20(31)26(3)21(28)25-27/h9-11,13,15H,4-8,12H2,1-3H3,(H,23,29)(H,24,30). The summed E-state index contributed by atoms with van der Waals surface area (Å²) < 4.78 is 3.57. The number of hydrogen-bond donors (Lipinski definition) is 2. The summed E-state index contributed by atoms with van der Waals surface area (Å²) in [7, 11) is 1.52. The molecule has 0 radical (unpaired) electrons. The first kappa shape index (κ1) is 21.8. The summed E-state index contributed by atoms with van der Waals surface area (Å²) >= 11 is 0. The highest BCUT2D eigenvalue weighted by molar-refractivity contribution is 5.98. The fourth-order valence-corrected chi connectivity index (χ4v) is 4.26. The average molecular weight is 441 g/mol. The fourth-order valence-electron chi connectivity index (χ4n) is 4.26. The van der Waals surface area contributed by atoms with Crippen molar-refractivity contribution in [2.45, 2.75) is 64.6 Å². The molecule has 0 saturated heterocycles. The fraction of sp³-hybridized carbons (Fsp3) is 0.500. The van der Waals surface area contributed by atoms with Crippen molar-refractivity contribution in [2.75, 3.05) is 0 Å². The van der Waals surface area contributed by atoms with Gasteiger partial charge in [0.1, 0.15) is 6.54 Å². The van der Waals surface area contributed by atoms with Crippen molar-refractivity contribution in [1.82, 2.24) is 29.4 Å². The van der Waals surface area contributed by atoms with Gasteiger partial charge in [-0.25, -0.2) is 13.9 Å². The zero-order chi connectivity index (χ0) is 23.0. The minimum Gasteiger partial charge on any atom is -0.352 e. The van der Waals surface area contributed by atoms with Crippen LogP contribution in [-0.4, -0.2) is 42.6 Å². The van der Waals surface area contributed by atoms with E-state index in [0.29, 0.717) is 16.5 Å². The monoisotopic (exact) mass is 440 g/mol. The van der Waals surface area contributed by atoms with Crippen molar-refractivity contribution in [3.05, 3.63) is 44.6 Å². The second-order valence-corrected chi connectivity index (χ2v) is 8.70. The highest BCUT2D eigenvalue weighted by atomic mass is 16.2. The number of fused-ring (bicyclic) bond motifs is 3. The number of aromatic nitrogens is 4. The van der Waals surface area contributed by atoms with Gasteiger partial charge < -0.3 is 10.6 Å². The molecule has 2 amide bonds. The molecule has 2 heterocycles. The number of nitrogens with one attached hydrogen (secondary N) is 2. The van der Waals surface area contributed by atoms with Crippen LogP contribution in [0.4, 0.5) is 0 Å². The van der Waals surface area contributed by atoms with E-state index >= 15 is 0 Å². The lowest BCUT2D eigenvalue weighted by molar-refractivity contribution is -0.122. The Morgan fingerprint density at radius 1 is 1.16 bits per heavy atom. The molecule has 4 rings (SSSR count). The molecule has 1 fully saturated rings. The van der Waals surface area contributed by atoms with Gasteiger partial charge in [-0.05, 0) is 44.9 Å². The van der Waals surface area contributed by atoms with E-state index in [9.17, 15) is 19.2 Å². The molecule has 1 saturated carbocycles. The zero-order valence-corrected chi connectivity index (χ0v) is 18.6. The summed E-state index contributed by atoms with van der Waals surface area (Å²) in [6.45, 7) is 3.37. The molecule has 0 aliphatic heterocycles. The number of hydrogen-bond acceptors (Lipinski definition) is 5. The van der Waals surface area contributed by atoms with Gasteiger partial charge in [0.25, 0.3) is 11.5 Å². The highest BCUT2D eigenvalue weighted by Crippen LogP contribution is 2.19. The molecule has 1 aliphatic rings. The Hall–Kier alpha value is -3.43. The average Bonchev–Trinajstić information content (AvgIpc) is 3.08. The third kappa shape index (κ3) is 4.04. The van der Waals surface area contributed by atoms with E-state index in [1.165, 1.54) is 22.4 Å². The largest absolute Gasteiger partial charge is 0.352 e. The van der Waals surface area contributed by atoms with Crippen LogP contribution in [0.3, 0.4) is 0 Å². The van der Waals surface area contributed by atoms with E-state index in [1.807, 2.05) is 13.8 Å². The van der Waals surface area contributed by atoms with Gasteiger partial charge in [-0.2, -0.15) is 0 Å². The molecule has 3 aromatic rings. The predicted molar refractivity (Wildman–Crippen MR) is 120 cm³/mol. The lowest BCUT2D eigenvalue weighted by Gasteiger charge is -2.22. The summed E-state index contributed by atoms with van der Waals surface area (Å²) in [6, 6.07) is 4.76. The first-order valence-electron chi connectivity index (χ1n) is 11.0. The maximum atomic E-state index is 13.1. The van der Waals surface area contributed by atoms with Gasteiger partial charge in [-0.1, -0.05) is 19.3 Å². The van der Waals surface area contributed by atoms with Crippen LogP contribution < -0.4 is 21.9 Å². The summed E-state index contributed by atoms with van der Waals surface area (Å²) in [5.74, 6) is -0.480. The van der Waals surface area contributed by atoms with Crippen molar-refractivity contribution in [3.63, 3.8) is 0 Å². The molecule has 1 aliphatic carbocycles. The Morgan fingerprint density at radius 3 is 2.56 bits per heavy atom. The van der Waals surface area contributed by atoms with Gasteiger partial charge >= 0.3 is 5.69 Å². The van der Waals surface area contributed by atoms with Gasteiger partial charge in [0, 0.05) is 24.7 Å². The van der Waals surface area contributed by atoms with E-state index in [4.69, 9.17) is 0 Å². The Morgan fingerprint density at radius 2 is 1.88 bits per heavy atom. The second-order valence-electron chi connectivity index (χ2n) is 8.70. The lowest BCUT2D eigenvalue weighted by atomic mass is 9.95. The van der Waals surface area contributed by atoms with Crippen molar-refractivity contribution in [2.24, 2.45) is 7.05 Å². The number of benzene rings is 1. The molecule has 0 bridgehead atoms. The topological polar surface area (TPSA) is 120 Å². The minimum absolute atomic E-state index is 0.0781. The molecule has 0 spiro atoms. The van der Waals surface area contributed by atoms with Crippen LogP contribution in [-0.2, 0) is 18.4 Å². The summed E-state index contributed by atoms with van der Waals surface area (Å²) in [5, 5.41) is 10.3. The van der Waals surface area contributed by atoms with E-state index < -0.39 is 5.69 Å². The van der Waals surface area contributed by atoms with Crippen molar-refractivity contribution >= 4 is 28.5 Å². The number of amides is 2. The number of carbonyl (C=O) groups excluding carboxylic acids is 2. The molecular weight excluding hydrogens is 412 g/mol. The zero-order valence-electron chi connectivity index (χ0n) is 18.6. The maximum absolute atomic E-state index is 13.1. The van der Waals surface area contributed by atoms with Crippen LogP contribution in [0.15, 0.2) is 27.8 Å². The molecule has 2 N–H and O–H groups in total. The molecule has 0 unspecified atom stereocenters. The molecule has 10 heteroatoms. The number of rotatable bonds is 5. The highest BCUT2D eigenvalue weighted by Gasteiger charge is 2.20. The van der Waals surface area contributed by atoms with Gasteiger partial charge in [0.2, 0.25) is 11.7 Å². The van der Waals surface area contributed by atoms with E-state index in [1.54, 1.807) is 18.2 Å². The SMILES string of the molecule is CC(C)NC(=O)Cn1nc2n(C)c(=O)c3ccc(C(=O)NC4CCCCC4)cc3n2c1=O. The first-order chi connectivity index (χ1) is 15.3. The third-order valence-corrected chi connectivity index (χ3v) is 5.84. The van der Waals surface area contributed by atoms with E-state index in [-0.39, 0.29) is 41.8 Å². The number of nitrogens with zero attached hydrogens (tertiary/aromatic N) is 4. The third-order valence-electron chi connectivity index (χ3n) is 5.84. The predicted octanol–water partition coefficient (Wildman–Crippen LogP) is 0.935. The molecule has 32 heavy (non-hydrogen) atoms. The lowest BCUT2D eigenvalue weighted by Crippen LogP contribution is -2.36. The minimum atomic E-state index is -0.552. The van der Waals surface area contributed by atoms with Crippen LogP contribution >= 0.6 is 0 Å². The van der Waals surface area contributed by atoms with E-state index in [0.717, 1.165) is 30.4 Å². The Balaban J connectivity index is 1.78. The molecule has 2 aromatic heterocycles. The molecule has 0 atom stereocenters. The van der Waals surface area contributed by atoms with Crippen molar-refractivity contribution in [1.29, 1.82) is 0 Å². The van der Waals surface area contributed by atoms with Gasteiger partial charge in [0.15, 0.2) is 0 Å². The Labute approximate surface area is 184 Å². The van der Waals surface area contributed by atoms with Crippen molar-refractivity contribution in [3.8, 4) is 0 Å². The van der Waals surface area contributed by atoms with Crippen LogP contribution in [0.25, 0.3) is 16.7 Å². The first-order valence-corrected chi connectivity index (χ1v) is 11.0. The summed E-state index contributed by atoms with van der Waals surface area (Å²) in [5.41, 5.74) is -0.227. The van der Waals surface area contributed by atoms with Crippen LogP contribution in [0.2, 0.25) is 0 Å². The van der Waals surface area contributed by atoms with Gasteiger partial charge in [0.05, 0.1) is 10.9 Å². The summed E-state index contributed by atoms with van der Waals surface area (Å²) in [4.78, 5) is 50.9. The van der Waals surface area contributed by atoms with E-state index in [2.05, 4.69) is 15.7 Å². The quantitative estimate of drug-likeness (QED) is 0.612. The molecule has 10 nitrogen and oxygen atoms in total. The summed E-state index contributed by atoms with van der Waals surface area (Å²) in [6.07, 6.45) is 5.28.